The minimum Gasteiger partial charge on any atom is -0.462 e. The molecular weight excluding hydrogens is 793 g/mol. The van der Waals surface area contributed by atoms with Crippen LogP contribution in [0.25, 0.3) is 0 Å². The monoisotopic (exact) mass is 899 g/mol. The minimum atomic E-state index is -0.787. The molecule has 0 aromatic rings. The zero-order chi connectivity index (χ0) is 46.5. The Balaban J connectivity index is 4.37. The summed E-state index contributed by atoms with van der Waals surface area (Å²) in [6, 6.07) is 0. The molecule has 0 radical (unpaired) electrons. The fraction of sp³-hybridized carbons (Fsp3) is 0.845. The Morgan fingerprint density at radius 1 is 0.312 bits per heavy atom. The summed E-state index contributed by atoms with van der Waals surface area (Å²) in [4.78, 5) is 38.0. The third-order valence-electron chi connectivity index (χ3n) is 12.4. The van der Waals surface area contributed by atoms with Crippen molar-refractivity contribution in [1.82, 2.24) is 0 Å². The van der Waals surface area contributed by atoms with Gasteiger partial charge in [0.2, 0.25) is 0 Å². The van der Waals surface area contributed by atoms with Gasteiger partial charge in [0.15, 0.2) is 6.10 Å². The molecule has 0 spiro atoms. The number of hydrogen-bond donors (Lipinski definition) is 0. The molecule has 0 amide bonds. The molecule has 0 unspecified atom stereocenters. The molecule has 0 aliphatic rings. The van der Waals surface area contributed by atoms with Crippen LogP contribution >= 0.6 is 0 Å². The maximum absolute atomic E-state index is 12.8. The summed E-state index contributed by atoms with van der Waals surface area (Å²) in [6.07, 6.45) is 62.8. The molecule has 0 bridgehead atoms. The van der Waals surface area contributed by atoms with E-state index in [1.807, 2.05) is 0 Å². The Morgan fingerprint density at radius 3 is 0.906 bits per heavy atom. The number of hydrogen-bond acceptors (Lipinski definition) is 6. The highest BCUT2D eigenvalue weighted by Gasteiger charge is 2.19. The number of carbonyl (C=O) groups excluding carboxylic acids is 3. The van der Waals surface area contributed by atoms with Crippen molar-refractivity contribution in [2.45, 2.75) is 303 Å². The van der Waals surface area contributed by atoms with Crippen molar-refractivity contribution in [1.29, 1.82) is 0 Å². The smallest absolute Gasteiger partial charge is 0.306 e. The number of ether oxygens (including phenoxy) is 3. The van der Waals surface area contributed by atoms with Crippen molar-refractivity contribution in [3.05, 3.63) is 36.5 Å². The number of carbonyl (C=O) groups is 3. The molecule has 0 fully saturated rings. The van der Waals surface area contributed by atoms with E-state index in [4.69, 9.17) is 14.2 Å². The molecule has 0 heterocycles. The second-order valence-electron chi connectivity index (χ2n) is 18.9. The van der Waals surface area contributed by atoms with E-state index in [9.17, 15) is 14.4 Å². The van der Waals surface area contributed by atoms with Crippen LogP contribution in [-0.2, 0) is 28.6 Å². The van der Waals surface area contributed by atoms with E-state index in [0.717, 1.165) is 64.2 Å². The predicted molar refractivity (Wildman–Crippen MR) is 275 cm³/mol. The van der Waals surface area contributed by atoms with E-state index < -0.39 is 6.10 Å². The lowest BCUT2D eigenvalue weighted by molar-refractivity contribution is -0.167. The average molecular weight is 899 g/mol. The van der Waals surface area contributed by atoms with Crippen molar-refractivity contribution >= 4 is 17.9 Å². The van der Waals surface area contributed by atoms with E-state index in [1.54, 1.807) is 0 Å². The van der Waals surface area contributed by atoms with Gasteiger partial charge in [0.1, 0.15) is 13.2 Å². The molecule has 374 valence electrons. The van der Waals surface area contributed by atoms with E-state index in [-0.39, 0.29) is 37.5 Å². The second kappa shape index (κ2) is 53.2. The van der Waals surface area contributed by atoms with Gasteiger partial charge in [0.05, 0.1) is 0 Å². The van der Waals surface area contributed by atoms with Gasteiger partial charge in [0.25, 0.3) is 0 Å². The van der Waals surface area contributed by atoms with Crippen molar-refractivity contribution in [3.63, 3.8) is 0 Å². The van der Waals surface area contributed by atoms with Gasteiger partial charge >= 0.3 is 17.9 Å². The highest BCUT2D eigenvalue weighted by molar-refractivity contribution is 5.71. The van der Waals surface area contributed by atoms with Crippen LogP contribution in [0.4, 0.5) is 0 Å². The van der Waals surface area contributed by atoms with Gasteiger partial charge in [-0.05, 0) is 57.8 Å². The number of allylic oxidation sites excluding steroid dienone is 6. The lowest BCUT2D eigenvalue weighted by Gasteiger charge is -2.18. The van der Waals surface area contributed by atoms with Crippen LogP contribution in [0.3, 0.4) is 0 Å². The summed E-state index contributed by atoms with van der Waals surface area (Å²) >= 11 is 0. The van der Waals surface area contributed by atoms with Gasteiger partial charge in [-0.2, -0.15) is 0 Å². The zero-order valence-corrected chi connectivity index (χ0v) is 42.8. The first-order valence-electron chi connectivity index (χ1n) is 28.0. The Hall–Kier alpha value is -2.37. The van der Waals surface area contributed by atoms with E-state index in [1.165, 1.54) is 186 Å². The quantitative estimate of drug-likeness (QED) is 0.0262. The largest absolute Gasteiger partial charge is 0.462 e. The van der Waals surface area contributed by atoms with Crippen LogP contribution < -0.4 is 0 Å². The van der Waals surface area contributed by atoms with Gasteiger partial charge in [-0.1, -0.05) is 256 Å². The molecule has 64 heavy (non-hydrogen) atoms. The van der Waals surface area contributed by atoms with E-state index >= 15 is 0 Å². The Bertz CT molecular complexity index is 1080. The molecule has 0 rings (SSSR count). The molecule has 0 saturated heterocycles. The lowest BCUT2D eigenvalue weighted by Crippen LogP contribution is -2.30. The van der Waals surface area contributed by atoms with Crippen molar-refractivity contribution in [2.75, 3.05) is 13.2 Å². The summed E-state index contributed by atoms with van der Waals surface area (Å²) in [7, 11) is 0. The minimum absolute atomic E-state index is 0.0828. The normalized spacial score (nSPS) is 12.2. The third kappa shape index (κ3) is 50.6. The Labute approximate surface area is 397 Å². The second-order valence-corrected chi connectivity index (χ2v) is 18.9. The van der Waals surface area contributed by atoms with Crippen LogP contribution in [0.15, 0.2) is 36.5 Å². The molecule has 0 aliphatic heterocycles. The Morgan fingerprint density at radius 2 is 0.562 bits per heavy atom. The standard InChI is InChI=1S/C58H106O6/c1-4-7-10-13-16-19-22-25-27-28-29-31-33-36-39-42-45-48-51-57(60)63-54-55(53-62-56(59)50-47-44-41-38-35-32-24-21-18-15-12-9-6-3)64-58(61)52-49-46-43-40-37-34-30-26-23-20-17-14-11-8-5-2/h17,20,26,30,37,40,55H,4-16,18-19,21-25,27-29,31-36,38-39,41-54H2,1-3H3/b20-17-,30-26-,40-37-/t55-/m1/s1. The number of esters is 3. The summed E-state index contributed by atoms with van der Waals surface area (Å²) in [6.45, 7) is 6.62. The van der Waals surface area contributed by atoms with E-state index in [0.29, 0.717) is 19.3 Å². The van der Waals surface area contributed by atoms with Crippen LogP contribution in [0.1, 0.15) is 297 Å². The molecule has 6 nitrogen and oxygen atoms in total. The SMILES string of the molecule is CCCCC/C=C\C/C=C\C/C=C\CCCCC(=O)O[C@H](COC(=O)CCCCCCCCCCCCCCC)COC(=O)CCCCCCCCCCCCCCCCCCCC. The first-order chi connectivity index (χ1) is 31.5. The number of unbranched alkanes of at least 4 members (excludes halogenated alkanes) is 34. The third-order valence-corrected chi connectivity index (χ3v) is 12.4. The van der Waals surface area contributed by atoms with Crippen molar-refractivity contribution in [2.24, 2.45) is 0 Å². The summed E-state index contributed by atoms with van der Waals surface area (Å²) in [5.74, 6) is -0.905. The lowest BCUT2D eigenvalue weighted by atomic mass is 10.0. The molecule has 6 heteroatoms. The van der Waals surface area contributed by atoms with Gasteiger partial charge < -0.3 is 14.2 Å². The highest BCUT2D eigenvalue weighted by atomic mass is 16.6. The van der Waals surface area contributed by atoms with Crippen LogP contribution in [0.2, 0.25) is 0 Å². The van der Waals surface area contributed by atoms with Crippen molar-refractivity contribution < 1.29 is 28.6 Å². The molecular formula is C58H106O6. The summed E-state index contributed by atoms with van der Waals surface area (Å²) in [5, 5.41) is 0. The first-order valence-corrected chi connectivity index (χ1v) is 28.0. The fourth-order valence-corrected chi connectivity index (χ4v) is 8.16. The Kier molecular flexibility index (Phi) is 51.3. The number of rotatable bonds is 51. The first kappa shape index (κ1) is 61.6. The maximum atomic E-state index is 12.8. The van der Waals surface area contributed by atoms with Crippen LogP contribution in [0, 0.1) is 0 Å². The summed E-state index contributed by atoms with van der Waals surface area (Å²) in [5.41, 5.74) is 0. The molecule has 0 aromatic carbocycles. The van der Waals surface area contributed by atoms with Gasteiger partial charge in [-0.25, -0.2) is 0 Å². The molecule has 0 saturated carbocycles. The van der Waals surface area contributed by atoms with Crippen LogP contribution in [-0.4, -0.2) is 37.2 Å². The molecule has 0 N–H and O–H groups in total. The zero-order valence-electron chi connectivity index (χ0n) is 42.8. The highest BCUT2D eigenvalue weighted by Crippen LogP contribution is 2.16. The maximum Gasteiger partial charge on any atom is 0.306 e. The topological polar surface area (TPSA) is 78.9 Å². The molecule has 1 atom stereocenters. The summed E-state index contributed by atoms with van der Waals surface area (Å²) < 4.78 is 16.8. The predicted octanol–water partition coefficient (Wildman–Crippen LogP) is 18.5. The van der Waals surface area contributed by atoms with Crippen molar-refractivity contribution in [3.8, 4) is 0 Å². The van der Waals surface area contributed by atoms with E-state index in [2.05, 4.69) is 57.2 Å². The van der Waals surface area contributed by atoms with Gasteiger partial charge in [0, 0.05) is 19.3 Å². The van der Waals surface area contributed by atoms with Gasteiger partial charge in [-0.3, -0.25) is 14.4 Å². The van der Waals surface area contributed by atoms with Crippen LogP contribution in [0.5, 0.6) is 0 Å². The molecule has 0 aliphatic carbocycles. The van der Waals surface area contributed by atoms with Gasteiger partial charge in [-0.15, -0.1) is 0 Å². The average Bonchev–Trinajstić information content (AvgIpc) is 3.29. The fourth-order valence-electron chi connectivity index (χ4n) is 8.16. The molecule has 0 aromatic heterocycles.